The Morgan fingerprint density at radius 2 is 2.23 bits per heavy atom. The van der Waals surface area contributed by atoms with Crippen LogP contribution in [-0.2, 0) is 16.0 Å². The Bertz CT molecular complexity index is 605. The summed E-state index contributed by atoms with van der Waals surface area (Å²) >= 11 is 0. The summed E-state index contributed by atoms with van der Waals surface area (Å²) in [5, 5.41) is 5.96. The molecule has 3 aliphatic rings. The third kappa shape index (κ3) is 2.14. The molecule has 3 N–H and O–H groups in total. The highest BCUT2D eigenvalue weighted by molar-refractivity contribution is 5.83. The Kier molecular flexibility index (Phi) is 3.07. The number of carbonyl (C=O) groups excluding carboxylic acids is 2. The number of rotatable bonds is 1. The van der Waals surface area contributed by atoms with Crippen LogP contribution in [0.4, 0.5) is 4.79 Å². The molecule has 22 heavy (non-hydrogen) atoms. The average molecular weight is 305 g/mol. The van der Waals surface area contributed by atoms with Gasteiger partial charge in [0.15, 0.2) is 0 Å². The maximum atomic E-state index is 12.8. The Labute approximate surface area is 127 Å². The zero-order valence-corrected chi connectivity index (χ0v) is 12.2. The van der Waals surface area contributed by atoms with E-state index in [1.807, 2.05) is 4.90 Å². The zero-order chi connectivity index (χ0) is 15.2. The molecule has 0 unspecified atom stereocenters. The number of ether oxygens (including phenoxy) is 1. The van der Waals surface area contributed by atoms with E-state index < -0.39 is 5.60 Å². The normalized spacial score (nSPS) is 26.5. The minimum absolute atomic E-state index is 0.0557. The molecule has 1 atom stereocenters. The van der Waals surface area contributed by atoms with E-state index >= 15 is 0 Å². The van der Waals surface area contributed by atoms with Crippen LogP contribution < -0.4 is 10.6 Å². The molecule has 8 heteroatoms. The van der Waals surface area contributed by atoms with Gasteiger partial charge in [-0.25, -0.2) is 9.78 Å². The maximum absolute atomic E-state index is 12.8. The highest BCUT2D eigenvalue weighted by Gasteiger charge is 2.44. The summed E-state index contributed by atoms with van der Waals surface area (Å²) in [4.78, 5) is 33.3. The number of fused-ring (bicyclic) bond motifs is 1. The van der Waals surface area contributed by atoms with Gasteiger partial charge in [0.25, 0.3) is 0 Å². The topological polar surface area (TPSA) is 99.4 Å². The van der Waals surface area contributed by atoms with E-state index in [4.69, 9.17) is 4.74 Å². The van der Waals surface area contributed by atoms with E-state index in [-0.39, 0.29) is 18.0 Å². The molecule has 2 saturated heterocycles. The van der Waals surface area contributed by atoms with Gasteiger partial charge in [0.1, 0.15) is 11.6 Å². The number of imidazole rings is 1. The lowest BCUT2D eigenvalue weighted by atomic mass is 9.91. The van der Waals surface area contributed by atoms with Gasteiger partial charge in [-0.15, -0.1) is 0 Å². The molecule has 1 spiro atoms. The predicted molar refractivity (Wildman–Crippen MR) is 76.1 cm³/mol. The van der Waals surface area contributed by atoms with Crippen molar-refractivity contribution in [1.29, 1.82) is 0 Å². The molecule has 2 fully saturated rings. The molecule has 1 aromatic rings. The standard InChI is InChI=1S/C14H19N5O3/c20-12(11-10-9(1-4-15-11)17-8-18-10)19-5-2-14(3-6-19)7-16-13(21)22-14/h8,11,15H,1-7H2,(H,16,21)(H,17,18)/t11-/m0/s1. The van der Waals surface area contributed by atoms with Crippen LogP contribution in [0.1, 0.15) is 30.3 Å². The van der Waals surface area contributed by atoms with Gasteiger partial charge in [-0.2, -0.15) is 0 Å². The second-order valence-corrected chi connectivity index (χ2v) is 6.15. The van der Waals surface area contributed by atoms with Gasteiger partial charge in [-0.1, -0.05) is 0 Å². The first-order valence-corrected chi connectivity index (χ1v) is 7.68. The molecule has 0 aliphatic carbocycles. The van der Waals surface area contributed by atoms with Crippen LogP contribution in [0.15, 0.2) is 6.33 Å². The van der Waals surface area contributed by atoms with Crippen molar-refractivity contribution in [3.05, 3.63) is 17.7 Å². The lowest BCUT2D eigenvalue weighted by Crippen LogP contribution is -2.51. The Balaban J connectivity index is 1.44. The molecule has 0 bridgehead atoms. The number of aromatic amines is 1. The SMILES string of the molecule is O=C1NCC2(CCN(C(=O)[C@H]3NCCc4[nH]cnc43)CC2)O1. The van der Waals surface area contributed by atoms with Crippen LogP contribution in [0.2, 0.25) is 0 Å². The van der Waals surface area contributed by atoms with Crippen molar-refractivity contribution in [2.45, 2.75) is 30.9 Å². The highest BCUT2D eigenvalue weighted by atomic mass is 16.6. The molecule has 4 heterocycles. The van der Waals surface area contributed by atoms with Crippen LogP contribution in [0, 0.1) is 0 Å². The third-order valence-electron chi connectivity index (χ3n) is 4.85. The number of hydrogen-bond donors (Lipinski definition) is 3. The fraction of sp³-hybridized carbons (Fsp3) is 0.643. The Hall–Kier alpha value is -2.09. The Morgan fingerprint density at radius 3 is 2.95 bits per heavy atom. The molecular weight excluding hydrogens is 286 g/mol. The number of nitrogens with one attached hydrogen (secondary N) is 3. The molecule has 3 aliphatic heterocycles. The van der Waals surface area contributed by atoms with Crippen molar-refractivity contribution in [2.24, 2.45) is 0 Å². The lowest BCUT2D eigenvalue weighted by Gasteiger charge is -2.38. The minimum Gasteiger partial charge on any atom is -0.441 e. The van der Waals surface area contributed by atoms with E-state index in [0.717, 1.165) is 24.4 Å². The van der Waals surface area contributed by atoms with Gasteiger partial charge in [0, 0.05) is 44.6 Å². The maximum Gasteiger partial charge on any atom is 0.407 e. The van der Waals surface area contributed by atoms with Gasteiger partial charge >= 0.3 is 6.09 Å². The van der Waals surface area contributed by atoms with Crippen molar-refractivity contribution < 1.29 is 14.3 Å². The largest absolute Gasteiger partial charge is 0.441 e. The third-order valence-corrected chi connectivity index (χ3v) is 4.85. The summed E-state index contributed by atoms with van der Waals surface area (Å²) in [6.07, 6.45) is 3.51. The first kappa shape index (κ1) is 13.6. The number of nitrogens with zero attached hydrogens (tertiary/aromatic N) is 2. The molecule has 1 aromatic heterocycles. The summed E-state index contributed by atoms with van der Waals surface area (Å²) < 4.78 is 5.39. The Morgan fingerprint density at radius 1 is 1.41 bits per heavy atom. The second kappa shape index (κ2) is 4.98. The molecule has 0 aromatic carbocycles. The number of likely N-dealkylation sites (tertiary alicyclic amines) is 1. The predicted octanol–water partition coefficient (Wildman–Crippen LogP) is -0.302. The first-order chi connectivity index (χ1) is 10.7. The number of amides is 2. The molecule has 4 rings (SSSR count). The highest BCUT2D eigenvalue weighted by Crippen LogP contribution is 2.31. The van der Waals surface area contributed by atoms with Crippen LogP contribution in [-0.4, -0.2) is 58.6 Å². The quantitative estimate of drug-likeness (QED) is 0.661. The molecule has 8 nitrogen and oxygen atoms in total. The van der Waals surface area contributed by atoms with Gasteiger partial charge in [-0.3, -0.25) is 4.79 Å². The van der Waals surface area contributed by atoms with E-state index in [9.17, 15) is 9.59 Å². The van der Waals surface area contributed by atoms with Gasteiger partial charge < -0.3 is 25.3 Å². The number of hydrogen-bond acceptors (Lipinski definition) is 5. The summed E-state index contributed by atoms with van der Waals surface area (Å²) in [6, 6.07) is -0.367. The number of piperidine rings is 1. The van der Waals surface area contributed by atoms with Crippen molar-refractivity contribution in [3.8, 4) is 0 Å². The average Bonchev–Trinajstić information content (AvgIpc) is 3.14. The fourth-order valence-corrected chi connectivity index (χ4v) is 3.52. The van der Waals surface area contributed by atoms with E-state index in [0.29, 0.717) is 32.5 Å². The summed E-state index contributed by atoms with van der Waals surface area (Å²) in [5.41, 5.74) is 1.43. The molecule has 0 saturated carbocycles. The number of H-pyrrole nitrogens is 1. The van der Waals surface area contributed by atoms with Crippen LogP contribution in [0.25, 0.3) is 0 Å². The summed E-state index contributed by atoms with van der Waals surface area (Å²) in [6.45, 7) is 2.52. The van der Waals surface area contributed by atoms with Gasteiger partial charge in [0.05, 0.1) is 18.6 Å². The first-order valence-electron chi connectivity index (χ1n) is 7.68. The van der Waals surface area contributed by atoms with E-state index in [1.54, 1.807) is 6.33 Å². The lowest BCUT2D eigenvalue weighted by molar-refractivity contribution is -0.137. The molecule has 118 valence electrons. The van der Waals surface area contributed by atoms with Gasteiger partial charge in [-0.05, 0) is 0 Å². The molecular formula is C14H19N5O3. The zero-order valence-electron chi connectivity index (χ0n) is 12.2. The fourth-order valence-electron chi connectivity index (χ4n) is 3.52. The van der Waals surface area contributed by atoms with Crippen LogP contribution in [0.5, 0.6) is 0 Å². The second-order valence-electron chi connectivity index (χ2n) is 6.15. The van der Waals surface area contributed by atoms with Crippen molar-refractivity contribution in [1.82, 2.24) is 25.5 Å². The van der Waals surface area contributed by atoms with Crippen LogP contribution in [0.3, 0.4) is 0 Å². The summed E-state index contributed by atoms with van der Waals surface area (Å²) in [5.74, 6) is 0.0557. The van der Waals surface area contributed by atoms with E-state index in [1.165, 1.54) is 0 Å². The van der Waals surface area contributed by atoms with Crippen molar-refractivity contribution >= 4 is 12.0 Å². The van der Waals surface area contributed by atoms with Crippen molar-refractivity contribution in [2.75, 3.05) is 26.2 Å². The number of aromatic nitrogens is 2. The van der Waals surface area contributed by atoms with E-state index in [2.05, 4.69) is 20.6 Å². The molecule has 0 radical (unpaired) electrons. The number of carbonyl (C=O) groups is 2. The minimum atomic E-state index is -0.425. The molecule has 2 amide bonds. The van der Waals surface area contributed by atoms with Gasteiger partial charge in [0.2, 0.25) is 5.91 Å². The number of alkyl carbamates (subject to hydrolysis) is 1. The van der Waals surface area contributed by atoms with Crippen LogP contribution >= 0.6 is 0 Å². The monoisotopic (exact) mass is 305 g/mol. The van der Waals surface area contributed by atoms with Crippen molar-refractivity contribution in [3.63, 3.8) is 0 Å². The summed E-state index contributed by atoms with van der Waals surface area (Å²) in [7, 11) is 0. The smallest absolute Gasteiger partial charge is 0.407 e.